The number of aromatic nitrogens is 1. The van der Waals surface area contributed by atoms with Gasteiger partial charge >= 0.3 is 0 Å². The summed E-state index contributed by atoms with van der Waals surface area (Å²) in [6.45, 7) is 2.13. The third-order valence-corrected chi connectivity index (χ3v) is 4.26. The van der Waals surface area contributed by atoms with Gasteiger partial charge in [-0.2, -0.15) is 0 Å². The first-order valence-electron chi connectivity index (χ1n) is 7.53. The van der Waals surface area contributed by atoms with Crippen molar-refractivity contribution >= 4 is 22.9 Å². The van der Waals surface area contributed by atoms with Crippen LogP contribution in [0.2, 0.25) is 0 Å². The number of hydrogen-bond acceptors (Lipinski definition) is 4. The molecule has 0 saturated heterocycles. The second-order valence-electron chi connectivity index (χ2n) is 5.35. The molecule has 0 unspecified atom stereocenters. The van der Waals surface area contributed by atoms with Crippen LogP contribution >= 0.6 is 11.3 Å². The maximum atomic E-state index is 13.7. The molecule has 0 fully saturated rings. The Balaban J connectivity index is 1.71. The van der Waals surface area contributed by atoms with Crippen molar-refractivity contribution in [1.82, 2.24) is 4.98 Å². The quantitative estimate of drug-likeness (QED) is 0.655. The second kappa shape index (κ2) is 7.57. The van der Waals surface area contributed by atoms with Gasteiger partial charge in [0.05, 0.1) is 16.4 Å². The van der Waals surface area contributed by atoms with Crippen molar-refractivity contribution in [3.05, 3.63) is 75.5 Å². The predicted octanol–water partition coefficient (Wildman–Crippen LogP) is 4.70. The summed E-state index contributed by atoms with van der Waals surface area (Å²) in [5.41, 5.74) is 0.505. The molecule has 0 aliphatic heterocycles. The standard InChI is InChI=1S/C18H13F3N2O2S/c1-10-22-12(9-26-10)8-25-13-4-2-3-11(7-13)18(24)23-15-6-5-14(19)16(20)17(15)21/h2-7,9H,8H2,1H3,(H,23,24). The molecule has 2 aromatic carbocycles. The van der Waals surface area contributed by atoms with Gasteiger partial charge in [-0.3, -0.25) is 4.79 Å². The number of anilines is 1. The predicted molar refractivity (Wildman–Crippen MR) is 91.9 cm³/mol. The van der Waals surface area contributed by atoms with Crippen LogP contribution in [-0.4, -0.2) is 10.9 Å². The van der Waals surface area contributed by atoms with E-state index in [1.54, 1.807) is 12.1 Å². The molecule has 4 nitrogen and oxygen atoms in total. The number of nitrogens with zero attached hydrogens (tertiary/aromatic N) is 1. The summed E-state index contributed by atoms with van der Waals surface area (Å²) in [4.78, 5) is 16.5. The van der Waals surface area contributed by atoms with Gasteiger partial charge in [0.15, 0.2) is 17.5 Å². The van der Waals surface area contributed by atoms with E-state index in [4.69, 9.17) is 4.74 Å². The number of benzene rings is 2. The highest BCUT2D eigenvalue weighted by Gasteiger charge is 2.16. The van der Waals surface area contributed by atoms with Crippen molar-refractivity contribution < 1.29 is 22.7 Å². The summed E-state index contributed by atoms with van der Waals surface area (Å²) in [5, 5.41) is 5.01. The van der Waals surface area contributed by atoms with E-state index < -0.39 is 29.0 Å². The number of rotatable bonds is 5. The van der Waals surface area contributed by atoms with Crippen LogP contribution in [0.4, 0.5) is 18.9 Å². The van der Waals surface area contributed by atoms with E-state index in [0.29, 0.717) is 5.75 Å². The number of carbonyl (C=O) groups excluding carboxylic acids is 1. The van der Waals surface area contributed by atoms with Gasteiger partial charge in [-0.25, -0.2) is 18.2 Å². The largest absolute Gasteiger partial charge is 0.487 e. The summed E-state index contributed by atoms with van der Waals surface area (Å²) < 4.78 is 45.4. The summed E-state index contributed by atoms with van der Waals surface area (Å²) in [7, 11) is 0. The fourth-order valence-electron chi connectivity index (χ4n) is 2.18. The zero-order chi connectivity index (χ0) is 18.7. The van der Waals surface area contributed by atoms with E-state index >= 15 is 0 Å². The monoisotopic (exact) mass is 378 g/mol. The van der Waals surface area contributed by atoms with E-state index in [1.807, 2.05) is 12.3 Å². The van der Waals surface area contributed by atoms with E-state index in [2.05, 4.69) is 10.3 Å². The molecule has 0 aliphatic rings. The van der Waals surface area contributed by atoms with Crippen LogP contribution in [0.3, 0.4) is 0 Å². The maximum absolute atomic E-state index is 13.7. The highest BCUT2D eigenvalue weighted by Crippen LogP contribution is 2.21. The third-order valence-electron chi connectivity index (χ3n) is 3.43. The molecule has 0 radical (unpaired) electrons. The Morgan fingerprint density at radius 1 is 1.19 bits per heavy atom. The van der Waals surface area contributed by atoms with Crippen LogP contribution < -0.4 is 10.1 Å². The lowest BCUT2D eigenvalue weighted by atomic mass is 10.2. The van der Waals surface area contributed by atoms with Gasteiger partial charge in [0.1, 0.15) is 12.4 Å². The zero-order valence-electron chi connectivity index (χ0n) is 13.6. The topological polar surface area (TPSA) is 51.2 Å². The van der Waals surface area contributed by atoms with Gasteiger partial charge in [-0.1, -0.05) is 6.07 Å². The van der Waals surface area contributed by atoms with Crippen LogP contribution in [0, 0.1) is 24.4 Å². The Morgan fingerprint density at radius 2 is 2.00 bits per heavy atom. The smallest absolute Gasteiger partial charge is 0.255 e. The minimum Gasteiger partial charge on any atom is -0.487 e. The van der Waals surface area contributed by atoms with E-state index in [9.17, 15) is 18.0 Å². The number of aryl methyl sites for hydroxylation is 1. The van der Waals surface area contributed by atoms with Crippen molar-refractivity contribution in [1.29, 1.82) is 0 Å². The molecular formula is C18H13F3N2O2S. The van der Waals surface area contributed by atoms with Gasteiger partial charge in [-0.05, 0) is 37.3 Å². The minimum absolute atomic E-state index is 0.182. The number of thiazole rings is 1. The number of halogens is 3. The summed E-state index contributed by atoms with van der Waals surface area (Å²) in [6, 6.07) is 7.91. The molecule has 134 valence electrons. The molecule has 26 heavy (non-hydrogen) atoms. The number of amides is 1. The second-order valence-corrected chi connectivity index (χ2v) is 6.41. The fraction of sp³-hybridized carbons (Fsp3) is 0.111. The molecular weight excluding hydrogens is 365 g/mol. The first-order chi connectivity index (χ1) is 12.4. The first kappa shape index (κ1) is 17.9. The van der Waals surface area contributed by atoms with Crippen molar-refractivity contribution in [2.75, 3.05) is 5.32 Å². The molecule has 1 aromatic heterocycles. The number of carbonyl (C=O) groups is 1. The molecule has 3 rings (SSSR count). The Bertz CT molecular complexity index is 959. The molecule has 8 heteroatoms. The van der Waals surface area contributed by atoms with Gasteiger partial charge in [0.2, 0.25) is 0 Å². The molecule has 3 aromatic rings. The normalized spacial score (nSPS) is 10.6. The number of ether oxygens (including phenoxy) is 1. The van der Waals surface area contributed by atoms with Crippen LogP contribution in [0.5, 0.6) is 5.75 Å². The molecule has 0 spiro atoms. The lowest BCUT2D eigenvalue weighted by Crippen LogP contribution is -2.14. The van der Waals surface area contributed by atoms with E-state index in [1.165, 1.54) is 23.5 Å². The molecule has 0 aliphatic carbocycles. The van der Waals surface area contributed by atoms with Crippen LogP contribution in [-0.2, 0) is 6.61 Å². The Labute approximate surface area is 151 Å². The van der Waals surface area contributed by atoms with Crippen molar-refractivity contribution in [3.63, 3.8) is 0 Å². The summed E-state index contributed by atoms with van der Waals surface area (Å²) in [5.74, 6) is -4.67. The van der Waals surface area contributed by atoms with Gasteiger partial charge in [0, 0.05) is 10.9 Å². The van der Waals surface area contributed by atoms with Gasteiger partial charge in [-0.15, -0.1) is 11.3 Å². The highest BCUT2D eigenvalue weighted by atomic mass is 32.1. The average molecular weight is 378 g/mol. The maximum Gasteiger partial charge on any atom is 0.255 e. The molecule has 1 heterocycles. The Kier molecular flexibility index (Phi) is 5.22. The third kappa shape index (κ3) is 4.02. The summed E-state index contributed by atoms with van der Waals surface area (Å²) in [6.07, 6.45) is 0. The molecule has 1 N–H and O–H groups in total. The number of nitrogens with one attached hydrogen (secondary N) is 1. The molecule has 0 saturated carbocycles. The summed E-state index contributed by atoms with van der Waals surface area (Å²) >= 11 is 1.50. The lowest BCUT2D eigenvalue weighted by molar-refractivity contribution is 0.102. The van der Waals surface area contributed by atoms with E-state index in [0.717, 1.165) is 22.8 Å². The minimum atomic E-state index is -1.64. The Morgan fingerprint density at radius 3 is 2.73 bits per heavy atom. The van der Waals surface area contributed by atoms with Gasteiger partial charge in [0.25, 0.3) is 5.91 Å². The van der Waals surface area contributed by atoms with Crippen LogP contribution in [0.25, 0.3) is 0 Å². The van der Waals surface area contributed by atoms with Crippen LogP contribution in [0.15, 0.2) is 41.8 Å². The average Bonchev–Trinajstić information content (AvgIpc) is 3.06. The SMILES string of the molecule is Cc1nc(COc2cccc(C(=O)Nc3ccc(F)c(F)c3F)c2)cs1. The number of hydrogen-bond donors (Lipinski definition) is 1. The Hall–Kier alpha value is -2.87. The van der Waals surface area contributed by atoms with Crippen molar-refractivity contribution in [3.8, 4) is 5.75 Å². The van der Waals surface area contributed by atoms with Crippen molar-refractivity contribution in [2.45, 2.75) is 13.5 Å². The first-order valence-corrected chi connectivity index (χ1v) is 8.40. The highest BCUT2D eigenvalue weighted by molar-refractivity contribution is 7.09. The van der Waals surface area contributed by atoms with Gasteiger partial charge < -0.3 is 10.1 Å². The van der Waals surface area contributed by atoms with Crippen LogP contribution in [0.1, 0.15) is 21.1 Å². The lowest BCUT2D eigenvalue weighted by Gasteiger charge is -2.09. The molecule has 1 amide bonds. The van der Waals surface area contributed by atoms with E-state index in [-0.39, 0.29) is 12.2 Å². The molecule has 0 atom stereocenters. The molecule has 0 bridgehead atoms. The zero-order valence-corrected chi connectivity index (χ0v) is 14.4. The van der Waals surface area contributed by atoms with Crippen molar-refractivity contribution in [2.24, 2.45) is 0 Å². The fourth-order valence-corrected chi connectivity index (χ4v) is 2.77.